The van der Waals surface area contributed by atoms with Gasteiger partial charge in [0.15, 0.2) is 5.82 Å². The van der Waals surface area contributed by atoms with Gasteiger partial charge in [0, 0.05) is 10.7 Å². The Labute approximate surface area is 126 Å². The SMILES string of the molecule is Clc1cccc(Nc2nc3ccccc3n3cncc23)c1. The second-order valence-electron chi connectivity index (χ2n) is 4.73. The van der Waals surface area contributed by atoms with Gasteiger partial charge in [-0.25, -0.2) is 9.97 Å². The highest BCUT2D eigenvalue weighted by molar-refractivity contribution is 6.30. The van der Waals surface area contributed by atoms with Crippen LogP contribution in [0.3, 0.4) is 0 Å². The second kappa shape index (κ2) is 4.75. The van der Waals surface area contributed by atoms with Gasteiger partial charge in [-0.2, -0.15) is 0 Å². The summed E-state index contributed by atoms with van der Waals surface area (Å²) in [6.45, 7) is 0. The number of hydrogen-bond donors (Lipinski definition) is 1. The van der Waals surface area contributed by atoms with E-state index >= 15 is 0 Å². The predicted molar refractivity (Wildman–Crippen MR) is 85.2 cm³/mol. The zero-order valence-electron chi connectivity index (χ0n) is 11.0. The third kappa shape index (κ3) is 2.10. The first kappa shape index (κ1) is 12.2. The Bertz CT molecular complexity index is 945. The van der Waals surface area contributed by atoms with Crippen molar-refractivity contribution in [3.63, 3.8) is 0 Å². The molecule has 2 aromatic carbocycles. The Balaban J connectivity index is 1.92. The maximum Gasteiger partial charge on any atom is 0.157 e. The van der Waals surface area contributed by atoms with Crippen molar-refractivity contribution in [2.75, 3.05) is 5.32 Å². The number of imidazole rings is 1. The lowest BCUT2D eigenvalue weighted by molar-refractivity contribution is 1.19. The van der Waals surface area contributed by atoms with E-state index in [4.69, 9.17) is 11.6 Å². The Morgan fingerprint density at radius 2 is 1.90 bits per heavy atom. The molecular formula is C16H11ClN4. The number of para-hydroxylation sites is 2. The minimum atomic E-state index is 0.685. The Morgan fingerprint density at radius 1 is 1.00 bits per heavy atom. The van der Waals surface area contributed by atoms with Gasteiger partial charge in [0.05, 0.1) is 23.6 Å². The van der Waals surface area contributed by atoms with Crippen LogP contribution in [0.15, 0.2) is 61.1 Å². The number of aromatic nitrogens is 3. The van der Waals surface area contributed by atoms with E-state index in [9.17, 15) is 0 Å². The van der Waals surface area contributed by atoms with Gasteiger partial charge >= 0.3 is 0 Å². The molecule has 0 fully saturated rings. The van der Waals surface area contributed by atoms with Crippen molar-refractivity contribution < 1.29 is 0 Å². The van der Waals surface area contributed by atoms with Crippen LogP contribution in [-0.2, 0) is 0 Å². The van der Waals surface area contributed by atoms with Crippen molar-refractivity contribution in [1.29, 1.82) is 0 Å². The molecule has 4 aromatic rings. The fourth-order valence-electron chi connectivity index (χ4n) is 2.40. The van der Waals surface area contributed by atoms with E-state index < -0.39 is 0 Å². The first-order valence-electron chi connectivity index (χ1n) is 6.55. The number of benzene rings is 2. The molecule has 2 aromatic heterocycles. The minimum absolute atomic E-state index is 0.685. The molecule has 21 heavy (non-hydrogen) atoms. The molecule has 4 nitrogen and oxygen atoms in total. The number of fused-ring (bicyclic) bond motifs is 3. The Kier molecular flexibility index (Phi) is 2.75. The Morgan fingerprint density at radius 3 is 2.81 bits per heavy atom. The van der Waals surface area contributed by atoms with Gasteiger partial charge in [-0.05, 0) is 30.3 Å². The number of halogens is 1. The quantitative estimate of drug-likeness (QED) is 0.600. The summed E-state index contributed by atoms with van der Waals surface area (Å²) in [5.74, 6) is 0.758. The fraction of sp³-hybridized carbons (Fsp3) is 0. The second-order valence-corrected chi connectivity index (χ2v) is 5.17. The van der Waals surface area contributed by atoms with E-state index in [1.165, 1.54) is 0 Å². The van der Waals surface area contributed by atoms with Gasteiger partial charge in [0.25, 0.3) is 0 Å². The van der Waals surface area contributed by atoms with Crippen molar-refractivity contribution in [3.8, 4) is 0 Å². The molecule has 2 heterocycles. The third-order valence-electron chi connectivity index (χ3n) is 3.34. The summed E-state index contributed by atoms with van der Waals surface area (Å²) in [6, 6.07) is 15.5. The number of nitrogens with one attached hydrogen (secondary N) is 1. The molecule has 0 aliphatic rings. The molecule has 0 bridgehead atoms. The minimum Gasteiger partial charge on any atom is -0.338 e. The van der Waals surface area contributed by atoms with E-state index in [1.54, 1.807) is 12.5 Å². The van der Waals surface area contributed by atoms with Crippen LogP contribution in [0.25, 0.3) is 16.6 Å². The molecule has 0 aliphatic carbocycles. The van der Waals surface area contributed by atoms with Crippen molar-refractivity contribution in [2.45, 2.75) is 0 Å². The predicted octanol–water partition coefficient (Wildman–Crippen LogP) is 4.28. The lowest BCUT2D eigenvalue weighted by Gasteiger charge is -2.10. The van der Waals surface area contributed by atoms with Crippen LogP contribution in [0.2, 0.25) is 5.02 Å². The van der Waals surface area contributed by atoms with Crippen LogP contribution in [0.1, 0.15) is 0 Å². The molecule has 4 rings (SSSR count). The van der Waals surface area contributed by atoms with Gasteiger partial charge < -0.3 is 5.32 Å². The number of hydrogen-bond acceptors (Lipinski definition) is 3. The highest BCUT2D eigenvalue weighted by Crippen LogP contribution is 2.25. The summed E-state index contributed by atoms with van der Waals surface area (Å²) in [6.07, 6.45) is 3.59. The molecule has 5 heteroatoms. The van der Waals surface area contributed by atoms with Gasteiger partial charge in [0.1, 0.15) is 5.52 Å². The monoisotopic (exact) mass is 294 g/mol. The van der Waals surface area contributed by atoms with E-state index in [0.29, 0.717) is 5.02 Å². The number of anilines is 2. The largest absolute Gasteiger partial charge is 0.338 e. The molecule has 0 spiro atoms. The Hall–Kier alpha value is -2.59. The first-order chi connectivity index (χ1) is 10.3. The van der Waals surface area contributed by atoms with Crippen LogP contribution in [-0.4, -0.2) is 14.4 Å². The summed E-state index contributed by atoms with van der Waals surface area (Å²) >= 11 is 6.03. The highest BCUT2D eigenvalue weighted by Gasteiger charge is 2.08. The normalized spacial score (nSPS) is 11.1. The molecule has 0 atom stereocenters. The maximum absolute atomic E-state index is 6.03. The van der Waals surface area contributed by atoms with Crippen LogP contribution in [0.5, 0.6) is 0 Å². The third-order valence-corrected chi connectivity index (χ3v) is 3.58. The number of nitrogens with zero attached hydrogens (tertiary/aromatic N) is 3. The smallest absolute Gasteiger partial charge is 0.157 e. The molecule has 0 radical (unpaired) electrons. The van der Waals surface area contributed by atoms with Gasteiger partial charge in [-0.3, -0.25) is 4.40 Å². The topological polar surface area (TPSA) is 42.2 Å². The zero-order chi connectivity index (χ0) is 14.2. The molecule has 1 N–H and O–H groups in total. The molecule has 0 amide bonds. The van der Waals surface area contributed by atoms with Crippen molar-refractivity contribution in [3.05, 3.63) is 66.1 Å². The summed E-state index contributed by atoms with van der Waals surface area (Å²) in [5.41, 5.74) is 3.76. The summed E-state index contributed by atoms with van der Waals surface area (Å²) in [4.78, 5) is 8.91. The van der Waals surface area contributed by atoms with Gasteiger partial charge in [0.2, 0.25) is 0 Å². The molecule has 0 saturated carbocycles. The summed E-state index contributed by atoms with van der Waals surface area (Å²) < 4.78 is 2.02. The van der Waals surface area contributed by atoms with E-state index in [1.807, 2.05) is 52.9 Å². The molecular weight excluding hydrogens is 284 g/mol. The van der Waals surface area contributed by atoms with Crippen LogP contribution < -0.4 is 5.32 Å². The molecule has 0 saturated heterocycles. The molecule has 0 unspecified atom stereocenters. The van der Waals surface area contributed by atoms with E-state index in [-0.39, 0.29) is 0 Å². The fourth-order valence-corrected chi connectivity index (χ4v) is 2.59. The van der Waals surface area contributed by atoms with Crippen molar-refractivity contribution >= 4 is 39.7 Å². The van der Waals surface area contributed by atoms with Crippen molar-refractivity contribution in [1.82, 2.24) is 14.4 Å². The molecule has 102 valence electrons. The summed E-state index contributed by atoms with van der Waals surface area (Å²) in [7, 11) is 0. The molecule has 0 aliphatic heterocycles. The zero-order valence-corrected chi connectivity index (χ0v) is 11.7. The lowest BCUT2D eigenvalue weighted by Crippen LogP contribution is -1.98. The lowest BCUT2D eigenvalue weighted by atomic mass is 10.3. The highest BCUT2D eigenvalue weighted by atomic mass is 35.5. The first-order valence-corrected chi connectivity index (χ1v) is 6.92. The summed E-state index contributed by atoms with van der Waals surface area (Å²) in [5, 5.41) is 4.00. The van der Waals surface area contributed by atoms with Crippen molar-refractivity contribution in [2.24, 2.45) is 0 Å². The van der Waals surface area contributed by atoms with Crippen LogP contribution in [0, 0.1) is 0 Å². The number of rotatable bonds is 2. The van der Waals surface area contributed by atoms with Crippen LogP contribution >= 0.6 is 11.6 Å². The van der Waals surface area contributed by atoms with E-state index in [0.717, 1.165) is 28.1 Å². The van der Waals surface area contributed by atoms with Crippen LogP contribution in [0.4, 0.5) is 11.5 Å². The van der Waals surface area contributed by atoms with Gasteiger partial charge in [-0.1, -0.05) is 29.8 Å². The maximum atomic E-state index is 6.03. The average Bonchev–Trinajstić information content (AvgIpc) is 2.97. The van der Waals surface area contributed by atoms with E-state index in [2.05, 4.69) is 15.3 Å². The standard InChI is InChI=1S/C16H11ClN4/c17-11-4-3-5-12(8-11)19-16-15-9-18-10-21(15)14-7-2-1-6-13(14)20-16/h1-10H,(H,19,20). The van der Waals surface area contributed by atoms with Gasteiger partial charge in [-0.15, -0.1) is 0 Å². The average molecular weight is 295 g/mol.